The maximum Gasteiger partial charge on any atom is 0.137 e. The summed E-state index contributed by atoms with van der Waals surface area (Å²) in [7, 11) is 0. The first kappa shape index (κ1) is 26.1. The number of allylic oxidation sites excluding steroid dienone is 1. The average molecular weight is 438 g/mol. The molecule has 0 radical (unpaired) electrons. The van der Waals surface area contributed by atoms with Crippen LogP contribution >= 0.6 is 0 Å². The van der Waals surface area contributed by atoms with Crippen LogP contribution in [0.3, 0.4) is 0 Å². The van der Waals surface area contributed by atoms with Crippen molar-refractivity contribution in [1.82, 2.24) is 4.98 Å². The zero-order valence-electron chi connectivity index (χ0n) is 20.4. The second kappa shape index (κ2) is 17.4. The Labute approximate surface area is 196 Å². The second-order valence-electron chi connectivity index (χ2n) is 8.46. The molecule has 32 heavy (non-hydrogen) atoms. The Balaban J connectivity index is 1.64. The number of unbranched alkanes of at least 4 members (excludes halogenated alkanes) is 6. The van der Waals surface area contributed by atoms with Crippen molar-refractivity contribution in [1.29, 1.82) is 0 Å². The highest BCUT2D eigenvalue weighted by Crippen LogP contribution is 2.21. The van der Waals surface area contributed by atoms with Gasteiger partial charge in [-0.3, -0.25) is 4.98 Å². The van der Waals surface area contributed by atoms with Gasteiger partial charge in [0.15, 0.2) is 0 Å². The number of aryl methyl sites for hydroxylation is 1. The first-order chi connectivity index (χ1) is 15.8. The number of hydrogen-bond donors (Lipinski definition) is 0. The molecule has 0 aliphatic carbocycles. The molecule has 0 unspecified atom stereocenters. The molecule has 1 aromatic heterocycles. The summed E-state index contributed by atoms with van der Waals surface area (Å²) < 4.78 is 11.4. The van der Waals surface area contributed by atoms with E-state index in [1.165, 1.54) is 50.5 Å². The van der Waals surface area contributed by atoms with E-state index >= 15 is 0 Å². The molecule has 0 saturated carbocycles. The van der Waals surface area contributed by atoms with Crippen LogP contribution in [-0.4, -0.2) is 24.8 Å². The lowest BCUT2D eigenvalue weighted by atomic mass is 10.0. The van der Waals surface area contributed by atoms with Crippen LogP contribution in [0.1, 0.15) is 83.6 Å². The van der Waals surface area contributed by atoms with Crippen molar-refractivity contribution in [2.24, 2.45) is 0 Å². The molecule has 3 heteroatoms. The van der Waals surface area contributed by atoms with Gasteiger partial charge in [0.1, 0.15) is 5.75 Å². The van der Waals surface area contributed by atoms with Crippen LogP contribution in [-0.2, 0) is 11.2 Å². The van der Waals surface area contributed by atoms with Crippen molar-refractivity contribution >= 4 is 0 Å². The van der Waals surface area contributed by atoms with Crippen molar-refractivity contribution in [3.05, 3.63) is 60.3 Å². The van der Waals surface area contributed by atoms with E-state index in [-0.39, 0.29) is 0 Å². The Morgan fingerprint density at radius 1 is 0.719 bits per heavy atom. The molecule has 176 valence electrons. The lowest BCUT2D eigenvalue weighted by Crippen LogP contribution is -1.96. The largest absolute Gasteiger partial charge is 0.492 e. The molecule has 0 aliphatic rings. The number of aromatic nitrogens is 1. The third kappa shape index (κ3) is 11.5. The fourth-order valence-electron chi connectivity index (χ4n) is 3.60. The summed E-state index contributed by atoms with van der Waals surface area (Å²) in [6.45, 7) is 6.89. The summed E-state index contributed by atoms with van der Waals surface area (Å²) in [5.41, 5.74) is 3.53. The van der Waals surface area contributed by atoms with Crippen LogP contribution in [0.5, 0.6) is 5.75 Å². The van der Waals surface area contributed by atoms with Crippen LogP contribution in [0, 0.1) is 0 Å². The standard InChI is InChI=1S/C29H43NO2/c1-3-5-6-7-8-9-10-14-24-32-28-20-21-29(30-25-28)27-18-16-26(17-19-27)15-12-11-13-23-31-22-4-2/h9-10,16-21,25H,3-8,11-15,22-24H2,1-2H3. The van der Waals surface area contributed by atoms with Gasteiger partial charge < -0.3 is 9.47 Å². The van der Waals surface area contributed by atoms with Gasteiger partial charge in [-0.1, -0.05) is 75.9 Å². The zero-order valence-corrected chi connectivity index (χ0v) is 20.4. The lowest BCUT2D eigenvalue weighted by Gasteiger charge is -2.07. The average Bonchev–Trinajstić information content (AvgIpc) is 2.83. The van der Waals surface area contributed by atoms with Gasteiger partial charge in [-0.15, -0.1) is 0 Å². The molecule has 0 spiro atoms. The van der Waals surface area contributed by atoms with Gasteiger partial charge in [0.05, 0.1) is 18.5 Å². The summed E-state index contributed by atoms with van der Waals surface area (Å²) >= 11 is 0. The Bertz CT molecular complexity index is 722. The molecule has 3 nitrogen and oxygen atoms in total. The smallest absolute Gasteiger partial charge is 0.137 e. The van der Waals surface area contributed by atoms with Crippen molar-refractivity contribution in [3.63, 3.8) is 0 Å². The molecule has 0 N–H and O–H groups in total. The number of benzene rings is 1. The zero-order chi connectivity index (χ0) is 22.7. The first-order valence-electron chi connectivity index (χ1n) is 12.7. The van der Waals surface area contributed by atoms with Crippen LogP contribution in [0.2, 0.25) is 0 Å². The monoisotopic (exact) mass is 437 g/mol. The van der Waals surface area contributed by atoms with E-state index in [1.54, 1.807) is 0 Å². The van der Waals surface area contributed by atoms with Gasteiger partial charge >= 0.3 is 0 Å². The maximum absolute atomic E-state index is 5.82. The van der Waals surface area contributed by atoms with Crippen molar-refractivity contribution in [2.75, 3.05) is 19.8 Å². The van der Waals surface area contributed by atoms with E-state index in [4.69, 9.17) is 9.47 Å². The summed E-state index contributed by atoms with van der Waals surface area (Å²) in [5.74, 6) is 0.838. The Morgan fingerprint density at radius 2 is 1.53 bits per heavy atom. The molecule has 1 aromatic carbocycles. The van der Waals surface area contributed by atoms with Gasteiger partial charge in [-0.05, 0) is 62.6 Å². The van der Waals surface area contributed by atoms with E-state index < -0.39 is 0 Å². The SMILES string of the molecule is CCCCCCC=CCCOc1ccc(-c2ccc(CCCCCOCCC)cc2)nc1. The van der Waals surface area contributed by atoms with E-state index in [2.05, 4.69) is 55.2 Å². The molecule has 0 fully saturated rings. The Hall–Kier alpha value is -2.13. The van der Waals surface area contributed by atoms with Crippen molar-refractivity contribution in [3.8, 4) is 17.0 Å². The van der Waals surface area contributed by atoms with Gasteiger partial charge in [0, 0.05) is 18.8 Å². The minimum atomic E-state index is 0.700. The minimum Gasteiger partial charge on any atom is -0.492 e. The predicted molar refractivity (Wildman–Crippen MR) is 136 cm³/mol. The van der Waals surface area contributed by atoms with E-state index in [0.717, 1.165) is 55.9 Å². The Kier molecular flexibility index (Phi) is 14.2. The summed E-state index contributed by atoms with van der Waals surface area (Å²) in [5, 5.41) is 0. The molecule has 0 saturated heterocycles. The van der Waals surface area contributed by atoms with Crippen LogP contribution < -0.4 is 4.74 Å². The molecule has 0 atom stereocenters. The first-order valence-corrected chi connectivity index (χ1v) is 12.7. The topological polar surface area (TPSA) is 31.4 Å². The number of nitrogens with zero attached hydrogens (tertiary/aromatic N) is 1. The molecule has 2 aromatic rings. The lowest BCUT2D eigenvalue weighted by molar-refractivity contribution is 0.130. The maximum atomic E-state index is 5.82. The minimum absolute atomic E-state index is 0.700. The van der Waals surface area contributed by atoms with Gasteiger partial charge in [0.25, 0.3) is 0 Å². The van der Waals surface area contributed by atoms with Crippen LogP contribution in [0.25, 0.3) is 11.3 Å². The quantitative estimate of drug-likeness (QED) is 0.174. The van der Waals surface area contributed by atoms with E-state index in [0.29, 0.717) is 6.61 Å². The fourth-order valence-corrected chi connectivity index (χ4v) is 3.60. The van der Waals surface area contributed by atoms with E-state index in [1.807, 2.05) is 18.3 Å². The summed E-state index contributed by atoms with van der Waals surface area (Å²) in [4.78, 5) is 4.59. The molecular weight excluding hydrogens is 394 g/mol. The third-order valence-corrected chi connectivity index (χ3v) is 5.53. The predicted octanol–water partition coefficient (Wildman–Crippen LogP) is 8.18. The van der Waals surface area contributed by atoms with Gasteiger partial charge in [-0.25, -0.2) is 0 Å². The Morgan fingerprint density at radius 3 is 2.28 bits per heavy atom. The molecule has 1 heterocycles. The van der Waals surface area contributed by atoms with E-state index in [9.17, 15) is 0 Å². The van der Waals surface area contributed by atoms with Crippen LogP contribution in [0.4, 0.5) is 0 Å². The summed E-state index contributed by atoms with van der Waals surface area (Å²) in [6, 6.07) is 12.9. The summed E-state index contributed by atoms with van der Waals surface area (Å²) in [6.07, 6.45) is 19.6. The van der Waals surface area contributed by atoms with Gasteiger partial charge in [0.2, 0.25) is 0 Å². The van der Waals surface area contributed by atoms with Crippen molar-refractivity contribution < 1.29 is 9.47 Å². The second-order valence-corrected chi connectivity index (χ2v) is 8.46. The molecular formula is C29H43NO2. The molecule has 0 amide bonds. The highest BCUT2D eigenvalue weighted by molar-refractivity contribution is 5.59. The molecule has 0 bridgehead atoms. The number of rotatable bonds is 18. The molecule has 0 aliphatic heterocycles. The highest BCUT2D eigenvalue weighted by Gasteiger charge is 2.02. The molecule has 2 rings (SSSR count). The van der Waals surface area contributed by atoms with Crippen molar-refractivity contribution in [2.45, 2.75) is 84.5 Å². The number of pyridine rings is 1. The number of hydrogen-bond acceptors (Lipinski definition) is 3. The normalized spacial score (nSPS) is 11.3. The third-order valence-electron chi connectivity index (χ3n) is 5.53. The van der Waals surface area contributed by atoms with Gasteiger partial charge in [-0.2, -0.15) is 0 Å². The fraction of sp³-hybridized carbons (Fsp3) is 0.552. The van der Waals surface area contributed by atoms with Crippen LogP contribution in [0.15, 0.2) is 54.7 Å². The highest BCUT2D eigenvalue weighted by atomic mass is 16.5. The number of ether oxygens (including phenoxy) is 2.